The molecule has 7 nitrogen and oxygen atoms in total. The van der Waals surface area contributed by atoms with Crippen LogP contribution in [0.25, 0.3) is 0 Å². The molecule has 3 rings (SSSR count). The Balaban J connectivity index is 1.56. The number of ether oxygens (including phenoxy) is 2. The van der Waals surface area contributed by atoms with Gasteiger partial charge in [0.1, 0.15) is 11.5 Å². The molecule has 0 aromatic heterocycles. The van der Waals surface area contributed by atoms with Crippen molar-refractivity contribution in [3.8, 4) is 11.5 Å². The lowest BCUT2D eigenvalue weighted by molar-refractivity contribution is -0.133. The molecule has 1 aromatic rings. The average Bonchev–Trinajstić information content (AvgIpc) is 3.46. The Kier molecular flexibility index (Phi) is 5.31. The van der Waals surface area contributed by atoms with Gasteiger partial charge in [-0.15, -0.1) is 0 Å². The number of carbonyl (C=O) groups excluding carboxylic acids is 2. The van der Waals surface area contributed by atoms with Crippen LogP contribution in [-0.2, 0) is 4.79 Å². The van der Waals surface area contributed by atoms with Crippen LogP contribution in [0.15, 0.2) is 18.2 Å². The van der Waals surface area contributed by atoms with Crippen molar-refractivity contribution >= 4 is 17.6 Å². The van der Waals surface area contributed by atoms with E-state index in [1.807, 2.05) is 4.90 Å². The molecule has 2 fully saturated rings. The van der Waals surface area contributed by atoms with Crippen molar-refractivity contribution in [3.63, 3.8) is 0 Å². The molecule has 2 N–H and O–H groups in total. The molecule has 1 saturated heterocycles. The molecule has 1 heterocycles. The summed E-state index contributed by atoms with van der Waals surface area (Å²) in [7, 11) is 3.12. The van der Waals surface area contributed by atoms with E-state index in [0.717, 1.165) is 32.2 Å². The van der Waals surface area contributed by atoms with Gasteiger partial charge in [0.05, 0.1) is 19.9 Å². The SMILES string of the molecule is COc1ccc(NC(=O)NC2CCCN(C(=O)C3CC3)C2)c(OC)c1. The third kappa shape index (κ3) is 4.35. The summed E-state index contributed by atoms with van der Waals surface area (Å²) in [6.07, 6.45) is 3.80. The molecule has 7 heteroatoms. The highest BCUT2D eigenvalue weighted by Crippen LogP contribution is 2.32. The molecule has 25 heavy (non-hydrogen) atoms. The second-order valence-electron chi connectivity index (χ2n) is 6.56. The smallest absolute Gasteiger partial charge is 0.319 e. The lowest BCUT2D eigenvalue weighted by Crippen LogP contribution is -2.50. The van der Waals surface area contributed by atoms with E-state index in [1.165, 1.54) is 0 Å². The zero-order valence-electron chi connectivity index (χ0n) is 14.7. The minimum absolute atomic E-state index is 0.0271. The maximum Gasteiger partial charge on any atom is 0.319 e. The Bertz CT molecular complexity index is 645. The molecule has 136 valence electrons. The number of piperidine rings is 1. The summed E-state index contributed by atoms with van der Waals surface area (Å²) in [6, 6.07) is 4.89. The maximum atomic E-state index is 12.3. The maximum absolute atomic E-state index is 12.3. The van der Waals surface area contributed by atoms with Gasteiger partial charge in [0.15, 0.2) is 0 Å². The number of nitrogens with one attached hydrogen (secondary N) is 2. The lowest BCUT2D eigenvalue weighted by atomic mass is 10.1. The Hall–Kier alpha value is -2.44. The fourth-order valence-corrected chi connectivity index (χ4v) is 3.13. The van der Waals surface area contributed by atoms with E-state index in [4.69, 9.17) is 9.47 Å². The second-order valence-corrected chi connectivity index (χ2v) is 6.56. The summed E-state index contributed by atoms with van der Waals surface area (Å²) in [5.41, 5.74) is 0.572. The van der Waals surface area contributed by atoms with Crippen molar-refractivity contribution in [2.24, 2.45) is 5.92 Å². The van der Waals surface area contributed by atoms with E-state index in [0.29, 0.717) is 23.7 Å². The fourth-order valence-electron chi connectivity index (χ4n) is 3.13. The lowest BCUT2D eigenvalue weighted by Gasteiger charge is -2.33. The van der Waals surface area contributed by atoms with Crippen LogP contribution in [0.5, 0.6) is 11.5 Å². The molecule has 1 aliphatic heterocycles. The topological polar surface area (TPSA) is 79.9 Å². The molecule has 1 saturated carbocycles. The van der Waals surface area contributed by atoms with Crippen LogP contribution >= 0.6 is 0 Å². The number of hydrogen-bond donors (Lipinski definition) is 2. The molecular formula is C18H25N3O4. The first-order valence-electron chi connectivity index (χ1n) is 8.69. The van der Waals surface area contributed by atoms with E-state index >= 15 is 0 Å². The van der Waals surface area contributed by atoms with Gasteiger partial charge in [0, 0.05) is 31.1 Å². The minimum Gasteiger partial charge on any atom is -0.497 e. The summed E-state index contributed by atoms with van der Waals surface area (Å²) in [5.74, 6) is 1.65. The van der Waals surface area contributed by atoms with Gasteiger partial charge >= 0.3 is 6.03 Å². The highest BCUT2D eigenvalue weighted by molar-refractivity contribution is 5.91. The monoisotopic (exact) mass is 347 g/mol. The average molecular weight is 347 g/mol. The van der Waals surface area contributed by atoms with Crippen LogP contribution in [0, 0.1) is 5.92 Å². The predicted molar refractivity (Wildman–Crippen MR) is 94.0 cm³/mol. The van der Waals surface area contributed by atoms with Gasteiger partial charge in [-0.2, -0.15) is 0 Å². The van der Waals surface area contributed by atoms with Crippen molar-refractivity contribution in [2.45, 2.75) is 31.7 Å². The van der Waals surface area contributed by atoms with E-state index in [2.05, 4.69) is 10.6 Å². The third-order valence-electron chi connectivity index (χ3n) is 4.65. The quantitative estimate of drug-likeness (QED) is 0.856. The summed E-state index contributed by atoms with van der Waals surface area (Å²) in [6.45, 7) is 1.38. The largest absolute Gasteiger partial charge is 0.497 e. The Morgan fingerprint density at radius 2 is 1.96 bits per heavy atom. The number of amides is 3. The van der Waals surface area contributed by atoms with Crippen molar-refractivity contribution in [2.75, 3.05) is 32.6 Å². The van der Waals surface area contributed by atoms with Crippen LogP contribution in [-0.4, -0.2) is 50.2 Å². The molecule has 3 amide bonds. The van der Waals surface area contributed by atoms with Crippen LogP contribution in [0.4, 0.5) is 10.5 Å². The van der Waals surface area contributed by atoms with Gasteiger partial charge in [-0.25, -0.2) is 4.79 Å². The van der Waals surface area contributed by atoms with Crippen LogP contribution in [0.2, 0.25) is 0 Å². The van der Waals surface area contributed by atoms with E-state index in [1.54, 1.807) is 32.4 Å². The zero-order valence-corrected chi connectivity index (χ0v) is 14.7. The first kappa shape index (κ1) is 17.4. The Morgan fingerprint density at radius 3 is 2.64 bits per heavy atom. The van der Waals surface area contributed by atoms with Crippen LogP contribution < -0.4 is 20.1 Å². The van der Waals surface area contributed by atoms with Crippen LogP contribution in [0.1, 0.15) is 25.7 Å². The van der Waals surface area contributed by atoms with Gasteiger partial charge in [-0.1, -0.05) is 0 Å². The third-order valence-corrected chi connectivity index (χ3v) is 4.65. The molecular weight excluding hydrogens is 322 g/mol. The number of carbonyl (C=O) groups is 2. The van der Waals surface area contributed by atoms with Gasteiger partial charge in [-0.3, -0.25) is 4.79 Å². The predicted octanol–water partition coefficient (Wildman–Crippen LogP) is 2.23. The molecule has 0 spiro atoms. The summed E-state index contributed by atoms with van der Waals surface area (Å²) >= 11 is 0. The molecule has 1 unspecified atom stereocenters. The summed E-state index contributed by atoms with van der Waals surface area (Å²) < 4.78 is 10.4. The molecule has 1 aromatic carbocycles. The first-order chi connectivity index (χ1) is 12.1. The number of anilines is 1. The van der Waals surface area contributed by atoms with E-state index in [9.17, 15) is 9.59 Å². The van der Waals surface area contributed by atoms with E-state index in [-0.39, 0.29) is 23.9 Å². The second kappa shape index (κ2) is 7.63. The van der Waals surface area contributed by atoms with Gasteiger partial charge < -0.3 is 25.0 Å². The number of hydrogen-bond acceptors (Lipinski definition) is 4. The van der Waals surface area contributed by atoms with Crippen molar-refractivity contribution < 1.29 is 19.1 Å². The number of benzene rings is 1. The highest BCUT2D eigenvalue weighted by atomic mass is 16.5. The number of likely N-dealkylation sites (tertiary alicyclic amines) is 1. The molecule has 0 bridgehead atoms. The molecule has 1 aliphatic carbocycles. The fraction of sp³-hybridized carbons (Fsp3) is 0.556. The number of methoxy groups -OCH3 is 2. The Labute approximate surface area is 147 Å². The molecule has 1 atom stereocenters. The van der Waals surface area contributed by atoms with Gasteiger partial charge in [0.2, 0.25) is 5.91 Å². The van der Waals surface area contributed by atoms with E-state index < -0.39 is 0 Å². The van der Waals surface area contributed by atoms with Gasteiger partial charge in [-0.05, 0) is 37.8 Å². The zero-order chi connectivity index (χ0) is 17.8. The number of urea groups is 1. The van der Waals surface area contributed by atoms with Crippen LogP contribution in [0.3, 0.4) is 0 Å². The normalized spacial score (nSPS) is 19.9. The first-order valence-corrected chi connectivity index (χ1v) is 8.69. The number of rotatable bonds is 5. The summed E-state index contributed by atoms with van der Waals surface area (Å²) in [5, 5.41) is 5.77. The molecule has 0 radical (unpaired) electrons. The Morgan fingerprint density at radius 1 is 1.16 bits per heavy atom. The van der Waals surface area contributed by atoms with Gasteiger partial charge in [0.25, 0.3) is 0 Å². The molecule has 2 aliphatic rings. The highest BCUT2D eigenvalue weighted by Gasteiger charge is 2.35. The summed E-state index contributed by atoms with van der Waals surface area (Å²) in [4.78, 5) is 26.4. The van der Waals surface area contributed by atoms with Crippen molar-refractivity contribution in [3.05, 3.63) is 18.2 Å². The standard InChI is InChI=1S/C18H25N3O4/c1-24-14-7-8-15(16(10-14)25-2)20-18(23)19-13-4-3-9-21(11-13)17(22)12-5-6-12/h7-8,10,12-13H,3-6,9,11H2,1-2H3,(H2,19,20,23). The number of nitrogens with zero attached hydrogens (tertiary/aromatic N) is 1. The van der Waals surface area contributed by atoms with Crippen molar-refractivity contribution in [1.29, 1.82) is 0 Å². The van der Waals surface area contributed by atoms with Crippen molar-refractivity contribution in [1.82, 2.24) is 10.2 Å². The minimum atomic E-state index is -0.297.